The molecule has 2 rings (SSSR count). The van der Waals surface area contributed by atoms with E-state index in [0.717, 1.165) is 37.2 Å². The summed E-state index contributed by atoms with van der Waals surface area (Å²) in [5.74, 6) is 0.807. The van der Waals surface area contributed by atoms with Crippen LogP contribution in [0, 0.1) is 0 Å². The minimum absolute atomic E-state index is 0.203. The smallest absolute Gasteiger partial charge is 0.410 e. The lowest BCUT2D eigenvalue weighted by molar-refractivity contribution is 0.0894. The van der Waals surface area contributed by atoms with E-state index in [9.17, 15) is 4.79 Å². The molecule has 4 nitrogen and oxygen atoms in total. The van der Waals surface area contributed by atoms with Gasteiger partial charge in [0, 0.05) is 13.1 Å². The Morgan fingerprint density at radius 1 is 1.17 bits per heavy atom. The quantitative estimate of drug-likeness (QED) is 0.826. The van der Waals surface area contributed by atoms with E-state index in [-0.39, 0.29) is 6.09 Å². The summed E-state index contributed by atoms with van der Waals surface area (Å²) in [7, 11) is 1.63. The predicted octanol–water partition coefficient (Wildman–Crippen LogP) is 2.82. The molecular weight excluding hydrogens is 230 g/mol. The monoisotopic (exact) mass is 249 g/mol. The van der Waals surface area contributed by atoms with E-state index in [4.69, 9.17) is 9.47 Å². The number of rotatable bonds is 3. The molecule has 0 unspecified atom stereocenters. The van der Waals surface area contributed by atoms with Gasteiger partial charge in [-0.25, -0.2) is 4.79 Å². The van der Waals surface area contributed by atoms with Crippen LogP contribution < -0.4 is 4.74 Å². The maximum Gasteiger partial charge on any atom is 0.410 e. The fourth-order valence-electron chi connectivity index (χ4n) is 2.03. The summed E-state index contributed by atoms with van der Waals surface area (Å²) in [6.07, 6.45) is 3.17. The Kier molecular flexibility index (Phi) is 4.45. The van der Waals surface area contributed by atoms with Crippen LogP contribution in [-0.2, 0) is 11.3 Å². The van der Waals surface area contributed by atoms with Crippen molar-refractivity contribution in [3.8, 4) is 5.75 Å². The zero-order valence-electron chi connectivity index (χ0n) is 10.7. The van der Waals surface area contributed by atoms with Crippen molar-refractivity contribution in [1.29, 1.82) is 0 Å². The molecule has 18 heavy (non-hydrogen) atoms. The van der Waals surface area contributed by atoms with Crippen molar-refractivity contribution in [1.82, 2.24) is 4.90 Å². The first-order valence-electron chi connectivity index (χ1n) is 6.34. The number of ether oxygens (including phenoxy) is 2. The number of hydrogen-bond donors (Lipinski definition) is 0. The summed E-state index contributed by atoms with van der Waals surface area (Å²) < 4.78 is 10.4. The van der Waals surface area contributed by atoms with E-state index >= 15 is 0 Å². The molecule has 1 saturated heterocycles. The first-order valence-corrected chi connectivity index (χ1v) is 6.34. The fourth-order valence-corrected chi connectivity index (χ4v) is 2.03. The van der Waals surface area contributed by atoms with Gasteiger partial charge in [0.15, 0.2) is 0 Å². The van der Waals surface area contributed by atoms with E-state index in [2.05, 4.69) is 0 Å². The number of hydrogen-bond acceptors (Lipinski definition) is 3. The van der Waals surface area contributed by atoms with Crippen LogP contribution in [0.2, 0.25) is 0 Å². The summed E-state index contributed by atoms with van der Waals surface area (Å²) in [5, 5.41) is 0. The number of amides is 1. The van der Waals surface area contributed by atoms with Gasteiger partial charge < -0.3 is 14.4 Å². The van der Waals surface area contributed by atoms with Crippen LogP contribution >= 0.6 is 0 Å². The summed E-state index contributed by atoms with van der Waals surface area (Å²) in [6.45, 7) is 1.96. The molecule has 0 aromatic heterocycles. The van der Waals surface area contributed by atoms with Crippen molar-refractivity contribution in [2.75, 3.05) is 20.2 Å². The maximum atomic E-state index is 11.8. The molecule has 0 bridgehead atoms. The van der Waals surface area contributed by atoms with Crippen molar-refractivity contribution in [3.05, 3.63) is 29.8 Å². The van der Waals surface area contributed by atoms with Crippen molar-refractivity contribution in [2.24, 2.45) is 0 Å². The van der Waals surface area contributed by atoms with Gasteiger partial charge >= 0.3 is 6.09 Å². The molecule has 0 radical (unpaired) electrons. The SMILES string of the molecule is COc1ccc(COC(=O)N2CCCCC2)cc1. The molecule has 1 fully saturated rings. The Labute approximate surface area is 107 Å². The third-order valence-electron chi connectivity index (χ3n) is 3.14. The van der Waals surface area contributed by atoms with E-state index in [1.54, 1.807) is 12.0 Å². The average Bonchev–Trinajstić information content (AvgIpc) is 2.46. The van der Waals surface area contributed by atoms with Gasteiger partial charge in [0.2, 0.25) is 0 Å². The molecule has 0 atom stereocenters. The number of carbonyl (C=O) groups is 1. The Bertz CT molecular complexity index is 383. The first kappa shape index (κ1) is 12.7. The van der Waals surface area contributed by atoms with Crippen LogP contribution in [-0.4, -0.2) is 31.2 Å². The molecule has 1 aromatic carbocycles. The van der Waals surface area contributed by atoms with Crippen molar-refractivity contribution in [2.45, 2.75) is 25.9 Å². The molecule has 0 spiro atoms. The van der Waals surface area contributed by atoms with Gasteiger partial charge in [-0.2, -0.15) is 0 Å². The van der Waals surface area contributed by atoms with E-state index in [0.29, 0.717) is 6.61 Å². The fraction of sp³-hybridized carbons (Fsp3) is 0.500. The molecule has 1 aromatic rings. The normalized spacial score (nSPS) is 15.3. The zero-order valence-corrected chi connectivity index (χ0v) is 10.7. The lowest BCUT2D eigenvalue weighted by atomic mass is 10.1. The van der Waals surface area contributed by atoms with Gasteiger partial charge in [-0.05, 0) is 37.0 Å². The summed E-state index contributed by atoms with van der Waals surface area (Å²) in [4.78, 5) is 13.6. The second-order valence-electron chi connectivity index (χ2n) is 4.45. The van der Waals surface area contributed by atoms with Crippen LogP contribution in [0.1, 0.15) is 24.8 Å². The Morgan fingerprint density at radius 3 is 2.44 bits per heavy atom. The molecule has 0 saturated carbocycles. The van der Waals surface area contributed by atoms with Crippen LogP contribution in [0.15, 0.2) is 24.3 Å². The largest absolute Gasteiger partial charge is 0.497 e. The lowest BCUT2D eigenvalue weighted by Gasteiger charge is -2.25. The predicted molar refractivity (Wildman–Crippen MR) is 68.6 cm³/mol. The standard InChI is InChI=1S/C14H19NO3/c1-17-13-7-5-12(6-8-13)11-18-14(16)15-9-3-2-4-10-15/h5-8H,2-4,9-11H2,1H3. The number of likely N-dealkylation sites (tertiary alicyclic amines) is 1. The van der Waals surface area contributed by atoms with Gasteiger partial charge in [0.1, 0.15) is 12.4 Å². The molecular formula is C14H19NO3. The molecule has 1 aliphatic rings. The maximum absolute atomic E-state index is 11.8. The Balaban J connectivity index is 1.80. The molecule has 98 valence electrons. The lowest BCUT2D eigenvalue weighted by Crippen LogP contribution is -2.35. The van der Waals surface area contributed by atoms with E-state index < -0.39 is 0 Å². The first-order chi connectivity index (χ1) is 8.79. The van der Waals surface area contributed by atoms with Crippen LogP contribution in [0.25, 0.3) is 0 Å². The minimum atomic E-state index is -0.203. The second kappa shape index (κ2) is 6.28. The highest BCUT2D eigenvalue weighted by atomic mass is 16.6. The molecule has 1 heterocycles. The third-order valence-corrected chi connectivity index (χ3v) is 3.14. The van der Waals surface area contributed by atoms with Crippen LogP contribution in [0.4, 0.5) is 4.79 Å². The molecule has 1 amide bonds. The zero-order chi connectivity index (χ0) is 12.8. The number of methoxy groups -OCH3 is 1. The Hall–Kier alpha value is -1.71. The Morgan fingerprint density at radius 2 is 1.83 bits per heavy atom. The highest BCUT2D eigenvalue weighted by Gasteiger charge is 2.17. The number of carbonyl (C=O) groups excluding carboxylic acids is 1. The van der Waals surface area contributed by atoms with Gasteiger partial charge in [-0.15, -0.1) is 0 Å². The van der Waals surface area contributed by atoms with Crippen molar-refractivity contribution < 1.29 is 14.3 Å². The highest BCUT2D eigenvalue weighted by molar-refractivity contribution is 5.67. The molecule has 4 heteroatoms. The summed E-state index contributed by atoms with van der Waals surface area (Å²) in [6, 6.07) is 7.54. The van der Waals surface area contributed by atoms with Crippen molar-refractivity contribution in [3.63, 3.8) is 0 Å². The summed E-state index contributed by atoms with van der Waals surface area (Å²) >= 11 is 0. The van der Waals surface area contributed by atoms with Gasteiger partial charge in [-0.1, -0.05) is 12.1 Å². The number of nitrogens with zero attached hydrogens (tertiary/aromatic N) is 1. The number of piperidine rings is 1. The van der Waals surface area contributed by atoms with Gasteiger partial charge in [-0.3, -0.25) is 0 Å². The van der Waals surface area contributed by atoms with Gasteiger partial charge in [0.25, 0.3) is 0 Å². The van der Waals surface area contributed by atoms with E-state index in [1.165, 1.54) is 6.42 Å². The number of benzene rings is 1. The molecule has 0 N–H and O–H groups in total. The topological polar surface area (TPSA) is 38.8 Å². The second-order valence-corrected chi connectivity index (χ2v) is 4.45. The summed E-state index contributed by atoms with van der Waals surface area (Å²) in [5.41, 5.74) is 0.973. The average molecular weight is 249 g/mol. The minimum Gasteiger partial charge on any atom is -0.497 e. The molecule has 0 aliphatic carbocycles. The van der Waals surface area contributed by atoms with Gasteiger partial charge in [0.05, 0.1) is 7.11 Å². The van der Waals surface area contributed by atoms with E-state index in [1.807, 2.05) is 24.3 Å². The van der Waals surface area contributed by atoms with Crippen LogP contribution in [0.5, 0.6) is 5.75 Å². The third kappa shape index (κ3) is 3.39. The van der Waals surface area contributed by atoms with Crippen LogP contribution in [0.3, 0.4) is 0 Å². The highest BCUT2D eigenvalue weighted by Crippen LogP contribution is 2.14. The van der Waals surface area contributed by atoms with Crippen molar-refractivity contribution >= 4 is 6.09 Å². The molecule has 1 aliphatic heterocycles.